The molecule has 0 spiro atoms. The third-order valence-electron chi connectivity index (χ3n) is 6.05. The van der Waals surface area contributed by atoms with Crippen molar-refractivity contribution in [2.75, 3.05) is 6.54 Å². The quantitative estimate of drug-likeness (QED) is 0.766. The van der Waals surface area contributed by atoms with Gasteiger partial charge in [0.05, 0.1) is 22.4 Å². The zero-order chi connectivity index (χ0) is 18.2. The van der Waals surface area contributed by atoms with Gasteiger partial charge in [-0.15, -0.1) is 0 Å². The van der Waals surface area contributed by atoms with Gasteiger partial charge in [-0.2, -0.15) is 9.57 Å². The molecule has 0 bridgehead atoms. The highest BCUT2D eigenvalue weighted by Crippen LogP contribution is 2.49. The minimum Gasteiger partial charge on any atom is -0.207 e. The molecule has 0 radical (unpaired) electrons. The van der Waals surface area contributed by atoms with Crippen LogP contribution in [0.1, 0.15) is 44.6 Å². The monoisotopic (exact) mass is 358 g/mol. The van der Waals surface area contributed by atoms with E-state index in [-0.39, 0.29) is 12.5 Å². The van der Waals surface area contributed by atoms with Crippen molar-refractivity contribution in [3.8, 4) is 6.07 Å². The van der Waals surface area contributed by atoms with Crippen LogP contribution in [0.2, 0.25) is 0 Å². The van der Waals surface area contributed by atoms with Crippen molar-refractivity contribution in [2.45, 2.75) is 56.4 Å². The second-order valence-electron chi connectivity index (χ2n) is 7.61. The molecule has 1 aliphatic heterocycles. The average molecular weight is 359 g/mol. The zero-order valence-electron chi connectivity index (χ0n) is 15.0. The van der Waals surface area contributed by atoms with Gasteiger partial charge in [-0.3, -0.25) is 0 Å². The molecule has 0 aromatic heterocycles. The Morgan fingerprint density at radius 3 is 2.36 bits per heavy atom. The lowest BCUT2D eigenvalue weighted by molar-refractivity contribution is 0.110. The van der Waals surface area contributed by atoms with E-state index in [0.717, 1.165) is 31.2 Å². The Balaban J connectivity index is 2.07. The SMILES string of the molecule is C=C1CN(S(=O)(=O)c2ccc(C)cc2)[C@@](C)(C2CCCCC2)[C@@H]1C#N. The van der Waals surface area contributed by atoms with Crippen molar-refractivity contribution in [3.05, 3.63) is 42.0 Å². The molecule has 4 nitrogen and oxygen atoms in total. The maximum Gasteiger partial charge on any atom is 0.243 e. The molecular formula is C20H26N2O2S. The first-order valence-electron chi connectivity index (χ1n) is 8.98. The van der Waals surface area contributed by atoms with Crippen LogP contribution in [0.3, 0.4) is 0 Å². The second kappa shape index (κ2) is 6.59. The fraction of sp³-hybridized carbons (Fsp3) is 0.550. The van der Waals surface area contributed by atoms with Crippen molar-refractivity contribution >= 4 is 10.0 Å². The summed E-state index contributed by atoms with van der Waals surface area (Å²) in [7, 11) is -3.67. The van der Waals surface area contributed by atoms with Crippen LogP contribution in [-0.2, 0) is 10.0 Å². The van der Waals surface area contributed by atoms with Crippen LogP contribution in [0, 0.1) is 30.1 Å². The maximum absolute atomic E-state index is 13.4. The standard InChI is InChI=1S/C20H26N2O2S/c1-15-9-11-18(12-10-15)25(23,24)22-14-16(2)19(13-21)20(22,3)17-7-5-4-6-8-17/h9-12,17,19H,2,4-8,14H2,1,3H3/t19-,20+/m1/s1. The zero-order valence-corrected chi connectivity index (χ0v) is 15.8. The summed E-state index contributed by atoms with van der Waals surface area (Å²) in [6, 6.07) is 9.31. The molecule has 1 aromatic carbocycles. The molecule has 1 saturated heterocycles. The second-order valence-corrected chi connectivity index (χ2v) is 9.47. The Labute approximate surface area is 151 Å². The molecule has 0 unspecified atom stereocenters. The fourth-order valence-corrected chi connectivity index (χ4v) is 6.38. The maximum atomic E-state index is 13.4. The van der Waals surface area contributed by atoms with Crippen molar-refractivity contribution in [2.24, 2.45) is 11.8 Å². The fourth-order valence-electron chi connectivity index (χ4n) is 4.53. The summed E-state index contributed by atoms with van der Waals surface area (Å²) in [6.07, 6.45) is 5.34. The van der Waals surface area contributed by atoms with E-state index in [0.29, 0.717) is 10.5 Å². The first kappa shape index (κ1) is 18.2. The first-order chi connectivity index (χ1) is 11.8. The molecule has 134 valence electrons. The van der Waals surface area contributed by atoms with Crippen LogP contribution in [-0.4, -0.2) is 24.8 Å². The van der Waals surface area contributed by atoms with Gasteiger partial charge < -0.3 is 0 Å². The van der Waals surface area contributed by atoms with E-state index >= 15 is 0 Å². The van der Waals surface area contributed by atoms with Crippen molar-refractivity contribution in [1.82, 2.24) is 4.31 Å². The third kappa shape index (κ3) is 2.92. The number of nitriles is 1. The summed E-state index contributed by atoms with van der Waals surface area (Å²) in [5.74, 6) is -0.249. The number of rotatable bonds is 3. The number of aryl methyl sites for hydroxylation is 1. The first-order valence-corrected chi connectivity index (χ1v) is 10.4. The summed E-state index contributed by atoms with van der Waals surface area (Å²) < 4.78 is 28.3. The molecule has 0 amide bonds. The molecular weight excluding hydrogens is 332 g/mol. The molecule has 1 heterocycles. The van der Waals surface area contributed by atoms with Crippen LogP contribution >= 0.6 is 0 Å². The highest BCUT2D eigenvalue weighted by Gasteiger charge is 2.56. The Kier molecular flexibility index (Phi) is 4.78. The molecule has 1 aliphatic carbocycles. The summed E-state index contributed by atoms with van der Waals surface area (Å²) in [5, 5.41) is 9.76. The summed E-state index contributed by atoms with van der Waals surface area (Å²) >= 11 is 0. The van der Waals surface area contributed by atoms with E-state index < -0.39 is 21.5 Å². The van der Waals surface area contributed by atoms with Crippen molar-refractivity contribution in [1.29, 1.82) is 5.26 Å². The largest absolute Gasteiger partial charge is 0.243 e. The van der Waals surface area contributed by atoms with Gasteiger partial charge >= 0.3 is 0 Å². The molecule has 0 N–H and O–H groups in total. The van der Waals surface area contributed by atoms with Gasteiger partial charge in [-0.05, 0) is 50.3 Å². The van der Waals surface area contributed by atoms with E-state index in [1.54, 1.807) is 16.4 Å². The van der Waals surface area contributed by atoms with E-state index in [1.165, 1.54) is 6.42 Å². The molecule has 2 fully saturated rings. The van der Waals surface area contributed by atoms with Crippen LogP contribution < -0.4 is 0 Å². The van der Waals surface area contributed by atoms with Crippen LogP contribution in [0.15, 0.2) is 41.3 Å². The lowest BCUT2D eigenvalue weighted by atomic mass is 9.70. The smallest absolute Gasteiger partial charge is 0.207 e. The Hall–Kier alpha value is -1.64. The summed E-state index contributed by atoms with van der Waals surface area (Å²) in [4.78, 5) is 0.298. The lowest BCUT2D eigenvalue weighted by Gasteiger charge is -2.44. The van der Waals surface area contributed by atoms with Gasteiger partial charge in [0.25, 0.3) is 0 Å². The molecule has 25 heavy (non-hydrogen) atoms. The summed E-state index contributed by atoms with van der Waals surface area (Å²) in [6.45, 7) is 8.17. The summed E-state index contributed by atoms with van der Waals surface area (Å²) in [5.41, 5.74) is 1.02. The van der Waals surface area contributed by atoms with Crippen molar-refractivity contribution < 1.29 is 8.42 Å². The van der Waals surface area contributed by atoms with Gasteiger partial charge in [0, 0.05) is 6.54 Å². The number of nitrogens with zero attached hydrogens (tertiary/aromatic N) is 2. The highest BCUT2D eigenvalue weighted by atomic mass is 32.2. The normalized spacial score (nSPS) is 28.8. The molecule has 5 heteroatoms. The minimum absolute atomic E-state index is 0.199. The Bertz CT molecular complexity index is 801. The Morgan fingerprint density at radius 2 is 1.80 bits per heavy atom. The molecule has 3 rings (SSSR count). The predicted octanol–water partition coefficient (Wildman–Crippen LogP) is 4.03. The molecule has 1 saturated carbocycles. The van der Waals surface area contributed by atoms with E-state index in [4.69, 9.17) is 0 Å². The van der Waals surface area contributed by atoms with Gasteiger partial charge in [-0.1, -0.05) is 43.5 Å². The van der Waals surface area contributed by atoms with Crippen LogP contribution in [0.4, 0.5) is 0 Å². The Morgan fingerprint density at radius 1 is 1.20 bits per heavy atom. The predicted molar refractivity (Wildman–Crippen MR) is 98.3 cm³/mol. The number of hydrogen-bond acceptors (Lipinski definition) is 3. The third-order valence-corrected chi connectivity index (χ3v) is 8.02. The van der Waals surface area contributed by atoms with E-state index in [9.17, 15) is 13.7 Å². The van der Waals surface area contributed by atoms with Gasteiger partial charge in [0.1, 0.15) is 0 Å². The molecule has 2 aliphatic rings. The van der Waals surface area contributed by atoms with E-state index in [2.05, 4.69) is 12.6 Å². The van der Waals surface area contributed by atoms with Gasteiger partial charge in [0.15, 0.2) is 0 Å². The van der Waals surface area contributed by atoms with Gasteiger partial charge in [0.2, 0.25) is 10.0 Å². The van der Waals surface area contributed by atoms with E-state index in [1.807, 2.05) is 26.0 Å². The molecule has 2 atom stereocenters. The van der Waals surface area contributed by atoms with Crippen LogP contribution in [0.25, 0.3) is 0 Å². The number of hydrogen-bond donors (Lipinski definition) is 0. The highest BCUT2D eigenvalue weighted by molar-refractivity contribution is 7.89. The molecule has 1 aromatic rings. The van der Waals surface area contributed by atoms with Crippen LogP contribution in [0.5, 0.6) is 0 Å². The van der Waals surface area contributed by atoms with Gasteiger partial charge in [-0.25, -0.2) is 8.42 Å². The lowest BCUT2D eigenvalue weighted by Crippen LogP contribution is -2.53. The minimum atomic E-state index is -3.67. The topological polar surface area (TPSA) is 61.2 Å². The number of benzene rings is 1. The number of sulfonamides is 1. The van der Waals surface area contributed by atoms with Crippen molar-refractivity contribution in [3.63, 3.8) is 0 Å². The average Bonchev–Trinajstić information content (AvgIpc) is 2.88.